The number of amides is 1. The van der Waals surface area contributed by atoms with Crippen molar-refractivity contribution >= 4 is 5.91 Å². The second kappa shape index (κ2) is 9.52. The molecule has 3 atom stereocenters. The average Bonchev–Trinajstić information content (AvgIpc) is 3.73. The van der Waals surface area contributed by atoms with Gasteiger partial charge in [0.05, 0.1) is 0 Å². The molecule has 2 aliphatic carbocycles. The number of likely N-dealkylation sites (tertiary alicyclic amines) is 1. The van der Waals surface area contributed by atoms with Crippen LogP contribution in [-0.2, 0) is 18.3 Å². The van der Waals surface area contributed by atoms with Gasteiger partial charge in [-0.3, -0.25) is 9.69 Å². The van der Waals surface area contributed by atoms with Gasteiger partial charge >= 0.3 is 0 Å². The van der Waals surface area contributed by atoms with E-state index < -0.39 is 0 Å². The first-order chi connectivity index (χ1) is 17.5. The second-order valence-electron chi connectivity index (χ2n) is 11.6. The maximum atomic E-state index is 13.1. The summed E-state index contributed by atoms with van der Waals surface area (Å²) < 4.78 is 0. The number of nitrogens with zero attached hydrogens (tertiary/aromatic N) is 1. The molecular formula is C33H38N2O. The highest BCUT2D eigenvalue weighted by Crippen LogP contribution is 2.49. The molecule has 0 spiro atoms. The van der Waals surface area contributed by atoms with Crippen molar-refractivity contribution < 1.29 is 4.79 Å². The molecule has 2 bridgehead atoms. The lowest BCUT2D eigenvalue weighted by molar-refractivity contribution is 0.0284. The normalized spacial score (nSPS) is 25.3. The molecular weight excluding hydrogens is 440 g/mol. The molecule has 3 aromatic carbocycles. The van der Waals surface area contributed by atoms with Crippen LogP contribution in [0.2, 0.25) is 0 Å². The molecule has 2 fully saturated rings. The molecule has 1 heterocycles. The van der Waals surface area contributed by atoms with E-state index in [9.17, 15) is 4.79 Å². The Balaban J connectivity index is 1.10. The van der Waals surface area contributed by atoms with Crippen LogP contribution in [0, 0.1) is 11.8 Å². The van der Waals surface area contributed by atoms with Gasteiger partial charge in [-0.25, -0.2) is 0 Å². The monoisotopic (exact) mass is 478 g/mol. The Bertz CT molecular complexity index is 1230. The molecule has 0 aromatic heterocycles. The van der Waals surface area contributed by atoms with E-state index in [1.807, 2.05) is 12.1 Å². The lowest BCUT2D eigenvalue weighted by Gasteiger charge is -2.55. The Morgan fingerprint density at radius 3 is 2.50 bits per heavy atom. The van der Waals surface area contributed by atoms with Crippen molar-refractivity contribution in [2.45, 2.75) is 57.4 Å². The zero-order chi connectivity index (χ0) is 24.7. The number of hydrogen-bond donors (Lipinski definition) is 1. The summed E-state index contributed by atoms with van der Waals surface area (Å²) in [6, 6.07) is 26.2. The first-order valence-electron chi connectivity index (χ1n) is 13.8. The summed E-state index contributed by atoms with van der Waals surface area (Å²) in [5.74, 6) is 1.61. The first kappa shape index (κ1) is 23.5. The van der Waals surface area contributed by atoms with Crippen LogP contribution in [0.4, 0.5) is 0 Å². The van der Waals surface area contributed by atoms with Crippen molar-refractivity contribution in [1.82, 2.24) is 10.2 Å². The van der Waals surface area contributed by atoms with E-state index in [4.69, 9.17) is 0 Å². The average molecular weight is 479 g/mol. The van der Waals surface area contributed by atoms with Gasteiger partial charge in [-0.1, -0.05) is 74.5 Å². The topological polar surface area (TPSA) is 32.3 Å². The highest BCUT2D eigenvalue weighted by molar-refractivity contribution is 5.94. The minimum Gasteiger partial charge on any atom is -0.352 e. The molecule has 1 amide bonds. The van der Waals surface area contributed by atoms with Crippen molar-refractivity contribution in [1.29, 1.82) is 0 Å². The van der Waals surface area contributed by atoms with E-state index in [1.165, 1.54) is 60.2 Å². The SMILES string of the molecule is C[C@@H]1[C@H]2Cc3ccc(C(=O)NCCc4ccc(-c5ccccc5)cc4)cc3[C@]1(C)CCN2CC1CC1. The number of fused-ring (bicyclic) bond motifs is 4. The van der Waals surface area contributed by atoms with Gasteiger partial charge in [0.1, 0.15) is 0 Å². The number of nitrogens with one attached hydrogen (secondary N) is 1. The molecule has 1 aliphatic heterocycles. The van der Waals surface area contributed by atoms with Crippen LogP contribution < -0.4 is 5.32 Å². The predicted octanol–water partition coefficient (Wildman–Crippen LogP) is 6.26. The largest absolute Gasteiger partial charge is 0.352 e. The molecule has 1 N–H and O–H groups in total. The molecule has 186 valence electrons. The molecule has 3 aliphatic rings. The third-order valence-corrected chi connectivity index (χ3v) is 9.34. The summed E-state index contributed by atoms with van der Waals surface area (Å²) in [7, 11) is 0. The van der Waals surface area contributed by atoms with Crippen molar-refractivity contribution in [3.05, 3.63) is 95.1 Å². The molecule has 36 heavy (non-hydrogen) atoms. The van der Waals surface area contributed by atoms with Gasteiger partial charge in [0.25, 0.3) is 5.91 Å². The minimum absolute atomic E-state index is 0.0447. The standard InChI is InChI=1S/C33H38N2O/c1-23-31-21-28-14-15-29(20-30(28)33(23,2)17-19-35(31)22-25-8-9-25)32(36)34-18-16-24-10-12-27(13-11-24)26-6-4-3-5-7-26/h3-7,10-15,20,23,25,31H,8-9,16-19,21-22H2,1-2H3,(H,34,36)/t23-,31-,33-/m1/s1. The number of carbonyl (C=O) groups is 1. The van der Waals surface area contributed by atoms with Gasteiger partial charge < -0.3 is 5.32 Å². The van der Waals surface area contributed by atoms with Crippen LogP contribution in [0.25, 0.3) is 11.1 Å². The van der Waals surface area contributed by atoms with Crippen LogP contribution >= 0.6 is 0 Å². The van der Waals surface area contributed by atoms with E-state index in [-0.39, 0.29) is 11.3 Å². The molecule has 0 radical (unpaired) electrons. The van der Waals surface area contributed by atoms with Crippen LogP contribution in [0.5, 0.6) is 0 Å². The number of carbonyl (C=O) groups excluding carboxylic acids is 1. The maximum Gasteiger partial charge on any atom is 0.251 e. The number of piperidine rings is 1. The van der Waals surface area contributed by atoms with Gasteiger partial charge in [0, 0.05) is 24.7 Å². The van der Waals surface area contributed by atoms with E-state index in [0.29, 0.717) is 18.5 Å². The highest BCUT2D eigenvalue weighted by atomic mass is 16.1. The highest BCUT2D eigenvalue weighted by Gasteiger charge is 2.49. The lowest BCUT2D eigenvalue weighted by atomic mass is 9.59. The van der Waals surface area contributed by atoms with Crippen molar-refractivity contribution in [2.75, 3.05) is 19.6 Å². The van der Waals surface area contributed by atoms with Gasteiger partial charge in [0.15, 0.2) is 0 Å². The fourth-order valence-corrected chi connectivity index (χ4v) is 6.62. The third-order valence-electron chi connectivity index (χ3n) is 9.34. The molecule has 3 aromatic rings. The van der Waals surface area contributed by atoms with Crippen molar-refractivity contribution in [3.8, 4) is 11.1 Å². The molecule has 3 nitrogen and oxygen atoms in total. The Morgan fingerprint density at radius 1 is 1.00 bits per heavy atom. The fraction of sp³-hybridized carbons (Fsp3) is 0.424. The van der Waals surface area contributed by atoms with E-state index in [2.05, 4.69) is 84.7 Å². The van der Waals surface area contributed by atoms with Gasteiger partial charge in [-0.2, -0.15) is 0 Å². The number of rotatable bonds is 7. The van der Waals surface area contributed by atoms with Crippen LogP contribution in [-0.4, -0.2) is 36.5 Å². The van der Waals surface area contributed by atoms with Crippen molar-refractivity contribution in [3.63, 3.8) is 0 Å². The van der Waals surface area contributed by atoms with Crippen molar-refractivity contribution in [2.24, 2.45) is 11.8 Å². The summed E-state index contributed by atoms with van der Waals surface area (Å²) in [5.41, 5.74) is 7.53. The van der Waals surface area contributed by atoms with E-state index in [0.717, 1.165) is 24.3 Å². The van der Waals surface area contributed by atoms with Crippen LogP contribution in [0.3, 0.4) is 0 Å². The van der Waals surface area contributed by atoms with Crippen LogP contribution in [0.15, 0.2) is 72.8 Å². The number of hydrogen-bond acceptors (Lipinski definition) is 2. The van der Waals surface area contributed by atoms with E-state index >= 15 is 0 Å². The van der Waals surface area contributed by atoms with E-state index in [1.54, 1.807) is 0 Å². The smallest absolute Gasteiger partial charge is 0.251 e. The van der Waals surface area contributed by atoms with Gasteiger partial charge in [-0.15, -0.1) is 0 Å². The minimum atomic E-state index is 0.0447. The summed E-state index contributed by atoms with van der Waals surface area (Å²) >= 11 is 0. The molecule has 3 heteroatoms. The Labute approximate surface area is 215 Å². The summed E-state index contributed by atoms with van der Waals surface area (Å²) in [6.07, 6.45) is 5.99. The molecule has 1 saturated carbocycles. The molecule has 1 saturated heterocycles. The predicted molar refractivity (Wildman–Crippen MR) is 147 cm³/mol. The zero-order valence-corrected chi connectivity index (χ0v) is 21.7. The van der Waals surface area contributed by atoms with Gasteiger partial charge in [0.2, 0.25) is 0 Å². The quantitative estimate of drug-likeness (QED) is 0.435. The summed E-state index contributed by atoms with van der Waals surface area (Å²) in [5, 5.41) is 3.17. The van der Waals surface area contributed by atoms with Gasteiger partial charge in [-0.05, 0) is 95.8 Å². The number of benzene rings is 3. The molecule has 6 rings (SSSR count). The Kier molecular flexibility index (Phi) is 6.21. The Hall–Kier alpha value is -2.91. The Morgan fingerprint density at radius 2 is 1.75 bits per heavy atom. The summed E-state index contributed by atoms with van der Waals surface area (Å²) in [6.45, 7) is 8.02. The maximum absolute atomic E-state index is 13.1. The fourth-order valence-electron chi connectivity index (χ4n) is 6.62. The third kappa shape index (κ3) is 4.50. The first-order valence-corrected chi connectivity index (χ1v) is 13.8. The zero-order valence-electron chi connectivity index (χ0n) is 21.7. The summed E-state index contributed by atoms with van der Waals surface area (Å²) in [4.78, 5) is 15.9. The molecule has 0 unspecified atom stereocenters. The lowest BCUT2D eigenvalue weighted by Crippen LogP contribution is -2.58. The van der Waals surface area contributed by atoms with Crippen LogP contribution in [0.1, 0.15) is 60.2 Å². The second-order valence-corrected chi connectivity index (χ2v) is 11.6.